The van der Waals surface area contributed by atoms with E-state index in [1.54, 1.807) is 12.4 Å². The van der Waals surface area contributed by atoms with E-state index in [9.17, 15) is 0 Å². The van der Waals surface area contributed by atoms with Crippen LogP contribution in [0.5, 0.6) is 0 Å². The molecule has 0 aliphatic rings. The Labute approximate surface area is 87.6 Å². The fourth-order valence-electron chi connectivity index (χ4n) is 1.32. The van der Waals surface area contributed by atoms with Crippen molar-refractivity contribution in [3.8, 4) is 17.5 Å². The summed E-state index contributed by atoms with van der Waals surface area (Å²) in [7, 11) is 0. The number of nitrogens with zero attached hydrogens (tertiary/aromatic N) is 3. The van der Waals surface area contributed by atoms with E-state index in [0.717, 1.165) is 17.2 Å². The molecule has 1 N–H and O–H groups in total. The lowest BCUT2D eigenvalue weighted by Crippen LogP contribution is -1.87. The molecule has 0 aromatic carbocycles. The quantitative estimate of drug-likeness (QED) is 0.819. The summed E-state index contributed by atoms with van der Waals surface area (Å²) in [5.74, 6) is 0.831. The largest absolute Gasteiger partial charge is 0.341 e. The molecule has 2 aromatic rings. The van der Waals surface area contributed by atoms with Gasteiger partial charge in [-0.05, 0) is 12.1 Å². The van der Waals surface area contributed by atoms with Crippen LogP contribution in [0.1, 0.15) is 12.2 Å². The molecule has 0 aliphatic carbocycles. The van der Waals surface area contributed by atoms with Gasteiger partial charge in [0.05, 0.1) is 23.7 Å². The molecule has 0 spiro atoms. The first-order valence-electron chi connectivity index (χ1n) is 4.72. The molecule has 4 heteroatoms. The van der Waals surface area contributed by atoms with Gasteiger partial charge in [0.2, 0.25) is 0 Å². The number of hydrogen-bond acceptors (Lipinski definition) is 3. The van der Waals surface area contributed by atoms with Gasteiger partial charge in [-0.1, -0.05) is 6.07 Å². The molecule has 0 radical (unpaired) electrons. The van der Waals surface area contributed by atoms with Crippen molar-refractivity contribution in [2.75, 3.05) is 0 Å². The Kier molecular flexibility index (Phi) is 2.75. The van der Waals surface area contributed by atoms with Crippen LogP contribution in [-0.2, 0) is 6.42 Å². The summed E-state index contributed by atoms with van der Waals surface area (Å²) in [5, 5.41) is 8.45. The number of H-pyrrole nitrogens is 1. The topological polar surface area (TPSA) is 65.4 Å². The first-order valence-corrected chi connectivity index (χ1v) is 4.72. The van der Waals surface area contributed by atoms with E-state index in [0.29, 0.717) is 12.8 Å². The average Bonchev–Trinajstić information content (AvgIpc) is 2.76. The summed E-state index contributed by atoms with van der Waals surface area (Å²) in [4.78, 5) is 11.5. The fourth-order valence-corrected chi connectivity index (χ4v) is 1.32. The number of hydrogen-bond donors (Lipinski definition) is 1. The van der Waals surface area contributed by atoms with Crippen LogP contribution in [0, 0.1) is 11.3 Å². The minimum Gasteiger partial charge on any atom is -0.341 e. The van der Waals surface area contributed by atoms with Gasteiger partial charge in [-0.25, -0.2) is 4.98 Å². The third-order valence-corrected chi connectivity index (χ3v) is 2.04. The molecular formula is C11H10N4. The van der Waals surface area contributed by atoms with Crippen LogP contribution in [0.3, 0.4) is 0 Å². The van der Waals surface area contributed by atoms with Gasteiger partial charge >= 0.3 is 0 Å². The van der Waals surface area contributed by atoms with Gasteiger partial charge in [-0.15, -0.1) is 0 Å². The Bertz CT molecular complexity index is 467. The van der Waals surface area contributed by atoms with E-state index in [1.807, 2.05) is 18.2 Å². The molecule has 15 heavy (non-hydrogen) atoms. The summed E-state index contributed by atoms with van der Waals surface area (Å²) < 4.78 is 0. The van der Waals surface area contributed by atoms with E-state index >= 15 is 0 Å². The molecule has 0 saturated heterocycles. The maximum atomic E-state index is 8.45. The van der Waals surface area contributed by atoms with Crippen LogP contribution in [0.4, 0.5) is 0 Å². The summed E-state index contributed by atoms with van der Waals surface area (Å²) in [6.45, 7) is 0. The second kappa shape index (κ2) is 4.38. The van der Waals surface area contributed by atoms with Gasteiger partial charge in [0, 0.05) is 19.0 Å². The van der Waals surface area contributed by atoms with Crippen molar-refractivity contribution < 1.29 is 0 Å². The Hall–Kier alpha value is -2.15. The predicted molar refractivity (Wildman–Crippen MR) is 55.8 cm³/mol. The monoisotopic (exact) mass is 198 g/mol. The van der Waals surface area contributed by atoms with E-state index in [1.165, 1.54) is 0 Å². The van der Waals surface area contributed by atoms with Crippen molar-refractivity contribution in [1.29, 1.82) is 5.26 Å². The lowest BCUT2D eigenvalue weighted by molar-refractivity contribution is 0.917. The molecule has 2 aromatic heterocycles. The minimum atomic E-state index is 0.481. The zero-order valence-corrected chi connectivity index (χ0v) is 8.14. The van der Waals surface area contributed by atoms with Crippen LogP contribution in [-0.4, -0.2) is 15.0 Å². The van der Waals surface area contributed by atoms with Gasteiger partial charge in [-0.2, -0.15) is 5.26 Å². The van der Waals surface area contributed by atoms with Crippen molar-refractivity contribution in [3.63, 3.8) is 0 Å². The van der Waals surface area contributed by atoms with E-state index in [2.05, 4.69) is 21.0 Å². The number of aromatic nitrogens is 3. The highest BCUT2D eigenvalue weighted by Gasteiger charge is 2.02. The van der Waals surface area contributed by atoms with Gasteiger partial charge in [0.1, 0.15) is 5.82 Å². The van der Waals surface area contributed by atoms with Crippen molar-refractivity contribution in [2.45, 2.75) is 12.8 Å². The molecule has 0 aliphatic heterocycles. The Balaban J connectivity index is 2.18. The Morgan fingerprint density at radius 2 is 2.27 bits per heavy atom. The first-order chi connectivity index (χ1) is 7.40. The zero-order valence-electron chi connectivity index (χ0n) is 8.14. The highest BCUT2D eigenvalue weighted by molar-refractivity contribution is 5.52. The molecule has 0 saturated carbocycles. The number of aryl methyl sites for hydroxylation is 1. The molecule has 2 rings (SSSR count). The molecule has 0 fully saturated rings. The van der Waals surface area contributed by atoms with Crippen LogP contribution in [0.25, 0.3) is 11.4 Å². The molecule has 0 amide bonds. The SMILES string of the molecule is N#CCCc1ncc(-c2ccccn2)[nH]1. The second-order valence-corrected chi connectivity index (χ2v) is 3.12. The van der Waals surface area contributed by atoms with Gasteiger partial charge in [0.25, 0.3) is 0 Å². The minimum absolute atomic E-state index is 0.481. The van der Waals surface area contributed by atoms with Crippen LogP contribution < -0.4 is 0 Å². The first kappa shape index (κ1) is 9.41. The summed E-state index contributed by atoms with van der Waals surface area (Å²) >= 11 is 0. The highest BCUT2D eigenvalue weighted by atomic mass is 14.9. The number of rotatable bonds is 3. The maximum absolute atomic E-state index is 8.45. The van der Waals surface area contributed by atoms with Gasteiger partial charge in [-0.3, -0.25) is 4.98 Å². The summed E-state index contributed by atoms with van der Waals surface area (Å²) in [6, 6.07) is 7.81. The van der Waals surface area contributed by atoms with Gasteiger partial charge < -0.3 is 4.98 Å². The maximum Gasteiger partial charge on any atom is 0.107 e. The van der Waals surface area contributed by atoms with Crippen molar-refractivity contribution in [3.05, 3.63) is 36.4 Å². The molecule has 74 valence electrons. The van der Waals surface area contributed by atoms with E-state index in [-0.39, 0.29) is 0 Å². The van der Waals surface area contributed by atoms with Crippen LogP contribution in [0.2, 0.25) is 0 Å². The van der Waals surface area contributed by atoms with Crippen LogP contribution >= 0.6 is 0 Å². The standard InChI is InChI=1S/C11H10N4/c12-6-3-5-11-14-8-10(15-11)9-4-1-2-7-13-9/h1-2,4,7-8H,3,5H2,(H,14,15). The predicted octanol–water partition coefficient (Wildman–Crippen LogP) is 1.93. The molecular weight excluding hydrogens is 188 g/mol. The van der Waals surface area contributed by atoms with Gasteiger partial charge in [0.15, 0.2) is 0 Å². The Morgan fingerprint density at radius 3 is 3.00 bits per heavy atom. The van der Waals surface area contributed by atoms with Crippen molar-refractivity contribution in [2.24, 2.45) is 0 Å². The lowest BCUT2D eigenvalue weighted by atomic mass is 10.3. The van der Waals surface area contributed by atoms with E-state index in [4.69, 9.17) is 5.26 Å². The number of imidazole rings is 1. The number of aromatic amines is 1. The molecule has 2 heterocycles. The fraction of sp³-hybridized carbons (Fsp3) is 0.182. The second-order valence-electron chi connectivity index (χ2n) is 3.12. The number of nitrogens with one attached hydrogen (secondary N) is 1. The molecule has 0 unspecified atom stereocenters. The van der Waals surface area contributed by atoms with Crippen molar-refractivity contribution >= 4 is 0 Å². The third kappa shape index (κ3) is 2.20. The molecule has 4 nitrogen and oxygen atoms in total. The van der Waals surface area contributed by atoms with E-state index < -0.39 is 0 Å². The van der Waals surface area contributed by atoms with Crippen LogP contribution in [0.15, 0.2) is 30.6 Å². The zero-order chi connectivity index (χ0) is 10.5. The average molecular weight is 198 g/mol. The summed E-state index contributed by atoms with van der Waals surface area (Å²) in [6.07, 6.45) is 4.62. The van der Waals surface area contributed by atoms with Crippen molar-refractivity contribution in [1.82, 2.24) is 15.0 Å². The third-order valence-electron chi connectivity index (χ3n) is 2.04. The molecule has 0 atom stereocenters. The normalized spacial score (nSPS) is 9.80. The lowest BCUT2D eigenvalue weighted by Gasteiger charge is -1.94. The molecule has 0 bridgehead atoms. The Morgan fingerprint density at radius 1 is 1.33 bits per heavy atom. The smallest absolute Gasteiger partial charge is 0.107 e. The number of pyridine rings is 1. The highest BCUT2D eigenvalue weighted by Crippen LogP contribution is 2.13. The number of nitriles is 1. The summed E-state index contributed by atoms with van der Waals surface area (Å²) in [5.41, 5.74) is 1.76.